The minimum Gasteiger partial charge on any atom is -0.375 e. The van der Waals surface area contributed by atoms with E-state index >= 15 is 0 Å². The molecule has 0 bridgehead atoms. The van der Waals surface area contributed by atoms with Crippen LogP contribution in [-0.2, 0) is 4.74 Å². The molecule has 0 aliphatic carbocycles. The maximum atomic E-state index is 5.80. The Morgan fingerprint density at radius 1 is 1.11 bits per heavy atom. The number of methoxy groups -OCH3 is 1. The van der Waals surface area contributed by atoms with Crippen molar-refractivity contribution in [3.8, 4) is 0 Å². The lowest BCUT2D eigenvalue weighted by Crippen LogP contribution is -2.41. The van der Waals surface area contributed by atoms with Gasteiger partial charge >= 0.3 is 0 Å². The van der Waals surface area contributed by atoms with Gasteiger partial charge in [0.15, 0.2) is 0 Å². The second kappa shape index (κ2) is 9.11. The van der Waals surface area contributed by atoms with Gasteiger partial charge in [-0.2, -0.15) is 0 Å². The first-order valence-electron chi connectivity index (χ1n) is 7.55. The normalized spacial score (nSPS) is 16.0. The lowest BCUT2D eigenvalue weighted by molar-refractivity contribution is 0.0475. The number of nitrogens with one attached hydrogen (secondary N) is 1. The predicted molar refractivity (Wildman–Crippen MR) is 82.3 cm³/mol. The van der Waals surface area contributed by atoms with Gasteiger partial charge in [-0.25, -0.2) is 0 Å². The van der Waals surface area contributed by atoms with E-state index in [2.05, 4.69) is 56.4 Å². The molecule has 2 nitrogen and oxygen atoms in total. The zero-order valence-electron chi connectivity index (χ0n) is 12.9. The van der Waals surface area contributed by atoms with Crippen molar-refractivity contribution in [1.29, 1.82) is 0 Å². The van der Waals surface area contributed by atoms with Crippen LogP contribution in [0.5, 0.6) is 0 Å². The van der Waals surface area contributed by atoms with E-state index in [1.807, 2.05) is 7.11 Å². The van der Waals surface area contributed by atoms with Crippen LogP contribution in [0.15, 0.2) is 30.3 Å². The molecule has 2 heteroatoms. The summed E-state index contributed by atoms with van der Waals surface area (Å²) in [5, 5.41) is 3.68. The van der Waals surface area contributed by atoms with E-state index in [-0.39, 0.29) is 6.10 Å². The number of hydrogen-bond acceptors (Lipinski definition) is 2. The molecule has 1 N–H and O–H groups in total. The van der Waals surface area contributed by atoms with E-state index in [1.54, 1.807) is 0 Å². The Morgan fingerprint density at radius 3 is 2.32 bits per heavy atom. The van der Waals surface area contributed by atoms with Crippen molar-refractivity contribution in [2.24, 2.45) is 5.92 Å². The van der Waals surface area contributed by atoms with E-state index < -0.39 is 0 Å². The van der Waals surface area contributed by atoms with Gasteiger partial charge < -0.3 is 10.1 Å². The molecule has 0 aliphatic heterocycles. The van der Waals surface area contributed by atoms with Gasteiger partial charge in [0.2, 0.25) is 0 Å². The van der Waals surface area contributed by atoms with Crippen LogP contribution in [0.3, 0.4) is 0 Å². The maximum Gasteiger partial charge on any atom is 0.0976 e. The van der Waals surface area contributed by atoms with Crippen molar-refractivity contribution in [3.05, 3.63) is 35.9 Å². The van der Waals surface area contributed by atoms with Crippen molar-refractivity contribution in [3.63, 3.8) is 0 Å². The first kappa shape index (κ1) is 16.2. The summed E-state index contributed by atoms with van der Waals surface area (Å²) in [6, 6.07) is 10.9. The third-order valence-corrected chi connectivity index (χ3v) is 3.70. The number of benzene rings is 1. The summed E-state index contributed by atoms with van der Waals surface area (Å²) in [6.45, 7) is 7.83. The summed E-state index contributed by atoms with van der Waals surface area (Å²) >= 11 is 0. The third-order valence-electron chi connectivity index (χ3n) is 3.70. The van der Waals surface area contributed by atoms with Crippen LogP contribution in [0.1, 0.15) is 51.7 Å². The quantitative estimate of drug-likeness (QED) is 0.721. The summed E-state index contributed by atoms with van der Waals surface area (Å²) in [4.78, 5) is 0. The summed E-state index contributed by atoms with van der Waals surface area (Å²) in [6.07, 6.45) is 3.74. The van der Waals surface area contributed by atoms with Crippen LogP contribution < -0.4 is 5.32 Å². The fourth-order valence-corrected chi connectivity index (χ4v) is 2.69. The smallest absolute Gasteiger partial charge is 0.0976 e. The third kappa shape index (κ3) is 4.96. The summed E-state index contributed by atoms with van der Waals surface area (Å²) in [5.74, 6) is 0.613. The fraction of sp³-hybridized carbons (Fsp3) is 0.647. The Bertz CT molecular complexity index is 325. The lowest BCUT2D eigenvalue weighted by atomic mass is 9.89. The number of ether oxygens (including phenoxy) is 1. The minimum atomic E-state index is 0.134. The van der Waals surface area contributed by atoms with Gasteiger partial charge in [0.05, 0.1) is 6.10 Å². The van der Waals surface area contributed by atoms with E-state index in [9.17, 15) is 0 Å². The van der Waals surface area contributed by atoms with Crippen molar-refractivity contribution < 1.29 is 4.74 Å². The van der Waals surface area contributed by atoms with Crippen LogP contribution >= 0.6 is 0 Å². The highest BCUT2D eigenvalue weighted by Gasteiger charge is 2.26. The SMILES string of the molecule is CCCNC(C(C)CCC)C(OC)c1ccccc1. The molecule has 3 unspecified atom stereocenters. The van der Waals surface area contributed by atoms with Gasteiger partial charge in [-0.1, -0.05) is 57.5 Å². The first-order valence-corrected chi connectivity index (χ1v) is 7.55. The molecule has 108 valence electrons. The van der Waals surface area contributed by atoms with Crippen LogP contribution in [0, 0.1) is 5.92 Å². The summed E-state index contributed by atoms with van der Waals surface area (Å²) in [5.41, 5.74) is 1.27. The Balaban J connectivity index is 2.85. The molecule has 3 atom stereocenters. The van der Waals surface area contributed by atoms with E-state index in [1.165, 1.54) is 18.4 Å². The van der Waals surface area contributed by atoms with E-state index in [0.29, 0.717) is 12.0 Å². The zero-order valence-corrected chi connectivity index (χ0v) is 12.9. The highest BCUT2D eigenvalue weighted by Crippen LogP contribution is 2.27. The number of hydrogen-bond donors (Lipinski definition) is 1. The summed E-state index contributed by atoms with van der Waals surface area (Å²) < 4.78 is 5.80. The highest BCUT2D eigenvalue weighted by molar-refractivity contribution is 5.19. The van der Waals surface area contributed by atoms with Crippen molar-refractivity contribution in [2.75, 3.05) is 13.7 Å². The second-order valence-corrected chi connectivity index (χ2v) is 5.31. The van der Waals surface area contributed by atoms with Gasteiger partial charge in [-0.15, -0.1) is 0 Å². The fourth-order valence-electron chi connectivity index (χ4n) is 2.69. The van der Waals surface area contributed by atoms with Gasteiger partial charge in [-0.05, 0) is 30.9 Å². The molecule has 0 saturated carbocycles. The molecular weight excluding hydrogens is 234 g/mol. The Hall–Kier alpha value is -0.860. The first-order chi connectivity index (χ1) is 9.24. The van der Waals surface area contributed by atoms with E-state index in [4.69, 9.17) is 4.74 Å². The molecule has 0 spiro atoms. The summed E-state index contributed by atoms with van der Waals surface area (Å²) in [7, 11) is 1.82. The molecule has 0 radical (unpaired) electrons. The number of rotatable bonds is 9. The standard InChI is InChI=1S/C17H29NO/c1-5-10-14(3)16(18-13-6-2)17(19-4)15-11-8-7-9-12-15/h7-9,11-12,14,16-18H,5-6,10,13H2,1-4H3. The molecular formula is C17H29NO. The molecule has 1 aromatic carbocycles. The second-order valence-electron chi connectivity index (χ2n) is 5.31. The average Bonchev–Trinajstić information content (AvgIpc) is 2.44. The molecule has 0 amide bonds. The van der Waals surface area contributed by atoms with E-state index in [0.717, 1.165) is 13.0 Å². The molecule has 0 heterocycles. The Morgan fingerprint density at radius 2 is 1.79 bits per heavy atom. The monoisotopic (exact) mass is 263 g/mol. The zero-order chi connectivity index (χ0) is 14.1. The van der Waals surface area contributed by atoms with Crippen LogP contribution in [0.2, 0.25) is 0 Å². The highest BCUT2D eigenvalue weighted by atomic mass is 16.5. The topological polar surface area (TPSA) is 21.3 Å². The van der Waals surface area contributed by atoms with Crippen molar-refractivity contribution in [1.82, 2.24) is 5.32 Å². The predicted octanol–water partition coefficient (Wildman–Crippen LogP) is 4.18. The van der Waals surface area contributed by atoms with Crippen LogP contribution in [0.4, 0.5) is 0 Å². The van der Waals surface area contributed by atoms with Crippen LogP contribution in [-0.4, -0.2) is 19.7 Å². The molecule has 0 aliphatic rings. The molecule has 0 saturated heterocycles. The van der Waals surface area contributed by atoms with Gasteiger partial charge in [0, 0.05) is 13.2 Å². The van der Waals surface area contributed by atoms with Crippen molar-refractivity contribution >= 4 is 0 Å². The lowest BCUT2D eigenvalue weighted by Gasteiger charge is -2.32. The Kier molecular flexibility index (Phi) is 7.76. The molecule has 19 heavy (non-hydrogen) atoms. The van der Waals surface area contributed by atoms with Crippen molar-refractivity contribution in [2.45, 2.75) is 52.2 Å². The van der Waals surface area contributed by atoms with Crippen LogP contribution in [0.25, 0.3) is 0 Å². The van der Waals surface area contributed by atoms with Gasteiger partial charge in [-0.3, -0.25) is 0 Å². The maximum absolute atomic E-state index is 5.80. The molecule has 1 rings (SSSR count). The molecule has 1 aromatic rings. The molecule has 0 fully saturated rings. The minimum absolute atomic E-state index is 0.134. The average molecular weight is 263 g/mol. The Labute approximate surface area is 118 Å². The largest absolute Gasteiger partial charge is 0.375 e. The molecule has 0 aromatic heterocycles. The van der Waals surface area contributed by atoms with Gasteiger partial charge in [0.25, 0.3) is 0 Å². The van der Waals surface area contributed by atoms with Gasteiger partial charge in [0.1, 0.15) is 0 Å².